The van der Waals surface area contributed by atoms with Crippen molar-refractivity contribution in [2.24, 2.45) is 0 Å². The number of amides is 2. The maximum absolute atomic E-state index is 12.3. The molecule has 0 bridgehead atoms. The van der Waals surface area contributed by atoms with E-state index in [1.54, 1.807) is 0 Å². The summed E-state index contributed by atoms with van der Waals surface area (Å²) in [6, 6.07) is 0.690. The molecule has 2 N–H and O–H groups in total. The number of hydrogen-bond donors (Lipinski definition) is 2. The van der Waals surface area contributed by atoms with Gasteiger partial charge < -0.3 is 15.4 Å². The minimum atomic E-state index is 0.0401. The zero-order valence-corrected chi connectivity index (χ0v) is 14.4. The fourth-order valence-corrected chi connectivity index (χ4v) is 5.41. The van der Waals surface area contributed by atoms with E-state index in [0.717, 1.165) is 44.5 Å². The Morgan fingerprint density at radius 2 is 1.73 bits per heavy atom. The molecular formula is C17H30N2O2S. The van der Waals surface area contributed by atoms with E-state index in [9.17, 15) is 4.79 Å². The van der Waals surface area contributed by atoms with Gasteiger partial charge in [0.15, 0.2) is 0 Å². The van der Waals surface area contributed by atoms with Crippen molar-refractivity contribution in [3.63, 3.8) is 0 Å². The van der Waals surface area contributed by atoms with Crippen LogP contribution in [-0.2, 0) is 4.74 Å². The van der Waals surface area contributed by atoms with Gasteiger partial charge in [0.2, 0.25) is 0 Å². The van der Waals surface area contributed by atoms with Gasteiger partial charge in [0.05, 0.1) is 5.60 Å². The van der Waals surface area contributed by atoms with Gasteiger partial charge in [0, 0.05) is 24.4 Å². The standard InChI is InChI=1S/C17H30N2O2S/c20-16(18-14-6-4-2-1-3-5-7-14)19-15-8-10-21-17(12-15)9-11-22-13-17/h14-15H,1-13H2,(H2,18,19,20)/t15-,17+/m0/s1. The van der Waals surface area contributed by atoms with Crippen molar-refractivity contribution in [3.05, 3.63) is 0 Å². The Kier molecular flexibility index (Phi) is 5.91. The second-order valence-electron chi connectivity index (χ2n) is 7.18. The molecule has 126 valence electrons. The average Bonchev–Trinajstić information content (AvgIpc) is 2.89. The van der Waals surface area contributed by atoms with Crippen molar-refractivity contribution in [2.75, 3.05) is 18.1 Å². The second kappa shape index (κ2) is 7.91. The average molecular weight is 327 g/mol. The third-order valence-corrected chi connectivity index (χ3v) is 6.56. The molecule has 0 aromatic heterocycles. The number of rotatable bonds is 2. The van der Waals surface area contributed by atoms with Gasteiger partial charge in [-0.25, -0.2) is 4.79 Å². The van der Waals surface area contributed by atoms with Crippen LogP contribution in [0.15, 0.2) is 0 Å². The van der Waals surface area contributed by atoms with Crippen LogP contribution in [0.3, 0.4) is 0 Å². The maximum atomic E-state index is 12.3. The highest BCUT2D eigenvalue weighted by molar-refractivity contribution is 7.99. The van der Waals surface area contributed by atoms with Crippen LogP contribution in [-0.4, -0.2) is 41.8 Å². The molecule has 3 fully saturated rings. The molecule has 1 spiro atoms. The Hall–Kier alpha value is -0.420. The molecule has 1 aliphatic carbocycles. The van der Waals surface area contributed by atoms with E-state index in [1.165, 1.54) is 37.9 Å². The van der Waals surface area contributed by atoms with E-state index in [-0.39, 0.29) is 17.7 Å². The number of thioether (sulfide) groups is 1. The van der Waals surface area contributed by atoms with E-state index in [4.69, 9.17) is 4.74 Å². The third kappa shape index (κ3) is 4.54. The molecule has 0 unspecified atom stereocenters. The van der Waals surface area contributed by atoms with Gasteiger partial charge in [-0.2, -0.15) is 11.8 Å². The summed E-state index contributed by atoms with van der Waals surface area (Å²) in [5, 5.41) is 6.43. The molecule has 2 atom stereocenters. The fourth-order valence-electron chi connectivity index (χ4n) is 4.03. The molecule has 0 aromatic rings. The summed E-state index contributed by atoms with van der Waals surface area (Å²) < 4.78 is 6.03. The van der Waals surface area contributed by atoms with Crippen molar-refractivity contribution >= 4 is 17.8 Å². The van der Waals surface area contributed by atoms with Crippen molar-refractivity contribution in [1.29, 1.82) is 0 Å². The van der Waals surface area contributed by atoms with Gasteiger partial charge >= 0.3 is 6.03 Å². The predicted molar refractivity (Wildman–Crippen MR) is 91.4 cm³/mol. The summed E-state index contributed by atoms with van der Waals surface area (Å²) in [4.78, 5) is 12.3. The molecule has 3 aliphatic rings. The molecule has 4 nitrogen and oxygen atoms in total. The van der Waals surface area contributed by atoms with E-state index in [2.05, 4.69) is 10.6 Å². The minimum Gasteiger partial charge on any atom is -0.374 e. The van der Waals surface area contributed by atoms with Gasteiger partial charge in [-0.15, -0.1) is 0 Å². The summed E-state index contributed by atoms with van der Waals surface area (Å²) >= 11 is 1.98. The monoisotopic (exact) mass is 326 g/mol. The first kappa shape index (κ1) is 16.4. The van der Waals surface area contributed by atoms with Crippen LogP contribution in [0.25, 0.3) is 0 Å². The lowest BCUT2D eigenvalue weighted by Gasteiger charge is -2.38. The Morgan fingerprint density at radius 3 is 2.45 bits per heavy atom. The van der Waals surface area contributed by atoms with Crippen LogP contribution in [0.4, 0.5) is 4.79 Å². The number of carbonyl (C=O) groups excluding carboxylic acids is 1. The van der Waals surface area contributed by atoms with Crippen molar-refractivity contribution in [3.8, 4) is 0 Å². The summed E-state index contributed by atoms with van der Waals surface area (Å²) in [5.74, 6) is 2.29. The Labute approximate surface area is 138 Å². The molecule has 3 rings (SSSR count). The zero-order valence-electron chi connectivity index (χ0n) is 13.6. The first-order chi connectivity index (χ1) is 10.8. The SMILES string of the molecule is O=C(NC1CCCCCCC1)N[C@H]1CCO[C@]2(CCSC2)C1. The van der Waals surface area contributed by atoms with Crippen LogP contribution < -0.4 is 10.6 Å². The predicted octanol–water partition coefficient (Wildman–Crippen LogP) is 3.45. The lowest BCUT2D eigenvalue weighted by molar-refractivity contribution is -0.0684. The highest BCUT2D eigenvalue weighted by Gasteiger charge is 2.40. The number of nitrogens with one attached hydrogen (secondary N) is 2. The van der Waals surface area contributed by atoms with Gasteiger partial charge in [0.1, 0.15) is 0 Å². The molecule has 5 heteroatoms. The third-order valence-electron chi connectivity index (χ3n) is 5.34. The molecule has 0 aromatic carbocycles. The molecule has 2 aliphatic heterocycles. The topological polar surface area (TPSA) is 50.4 Å². The molecule has 2 amide bonds. The quantitative estimate of drug-likeness (QED) is 0.817. The van der Waals surface area contributed by atoms with Crippen LogP contribution in [0.1, 0.15) is 64.2 Å². The maximum Gasteiger partial charge on any atom is 0.315 e. The number of ether oxygens (including phenoxy) is 1. The molecule has 2 saturated heterocycles. The zero-order chi connectivity index (χ0) is 15.3. The Bertz CT molecular complexity index is 364. The Morgan fingerprint density at radius 1 is 1.00 bits per heavy atom. The van der Waals surface area contributed by atoms with Crippen molar-refractivity contribution in [2.45, 2.75) is 81.9 Å². The molecule has 1 saturated carbocycles. The fraction of sp³-hybridized carbons (Fsp3) is 0.941. The molecule has 0 radical (unpaired) electrons. The summed E-state index contributed by atoms with van der Waals surface area (Å²) in [5.41, 5.74) is 0.0428. The van der Waals surface area contributed by atoms with E-state index >= 15 is 0 Å². The first-order valence-corrected chi connectivity index (χ1v) is 10.2. The van der Waals surface area contributed by atoms with Crippen LogP contribution in [0, 0.1) is 0 Å². The normalized spacial score (nSPS) is 34.1. The summed E-state index contributed by atoms with van der Waals surface area (Å²) in [6.45, 7) is 0.787. The van der Waals surface area contributed by atoms with Crippen molar-refractivity contribution in [1.82, 2.24) is 10.6 Å². The Balaban J connectivity index is 1.44. The molecule has 2 heterocycles. The summed E-state index contributed by atoms with van der Waals surface area (Å²) in [6.07, 6.45) is 11.9. The molecular weight excluding hydrogens is 296 g/mol. The van der Waals surface area contributed by atoms with E-state index < -0.39 is 0 Å². The highest BCUT2D eigenvalue weighted by atomic mass is 32.2. The highest BCUT2D eigenvalue weighted by Crippen LogP contribution is 2.38. The number of hydrogen-bond acceptors (Lipinski definition) is 3. The number of carbonyl (C=O) groups is 1. The second-order valence-corrected chi connectivity index (χ2v) is 8.29. The first-order valence-electron chi connectivity index (χ1n) is 9.05. The number of urea groups is 1. The minimum absolute atomic E-state index is 0.0401. The van der Waals surface area contributed by atoms with Gasteiger partial charge in [0.25, 0.3) is 0 Å². The summed E-state index contributed by atoms with van der Waals surface area (Å²) in [7, 11) is 0. The van der Waals surface area contributed by atoms with Crippen LogP contribution in [0.2, 0.25) is 0 Å². The van der Waals surface area contributed by atoms with Crippen LogP contribution in [0.5, 0.6) is 0 Å². The van der Waals surface area contributed by atoms with Gasteiger partial charge in [-0.3, -0.25) is 0 Å². The van der Waals surface area contributed by atoms with Gasteiger partial charge in [-0.1, -0.05) is 32.1 Å². The smallest absolute Gasteiger partial charge is 0.315 e. The largest absolute Gasteiger partial charge is 0.374 e. The van der Waals surface area contributed by atoms with Gasteiger partial charge in [-0.05, 0) is 37.9 Å². The lowest BCUT2D eigenvalue weighted by atomic mass is 9.90. The van der Waals surface area contributed by atoms with E-state index in [0.29, 0.717) is 6.04 Å². The van der Waals surface area contributed by atoms with Crippen LogP contribution >= 0.6 is 11.8 Å². The molecule has 22 heavy (non-hydrogen) atoms. The lowest BCUT2D eigenvalue weighted by Crippen LogP contribution is -2.52. The van der Waals surface area contributed by atoms with E-state index in [1.807, 2.05) is 11.8 Å². The van der Waals surface area contributed by atoms with Crippen molar-refractivity contribution < 1.29 is 9.53 Å².